The Morgan fingerprint density at radius 1 is 1.19 bits per heavy atom. The molecule has 2 aliphatic rings. The number of nitrogens with one attached hydrogen (secondary N) is 1. The van der Waals surface area contributed by atoms with Crippen molar-refractivity contribution < 1.29 is 9.59 Å². The summed E-state index contributed by atoms with van der Waals surface area (Å²) in [4.78, 5) is 29.8. The van der Waals surface area contributed by atoms with Crippen molar-refractivity contribution in [2.75, 3.05) is 5.32 Å². The number of ketones is 1. The van der Waals surface area contributed by atoms with Gasteiger partial charge in [0.1, 0.15) is 5.78 Å². The van der Waals surface area contributed by atoms with Crippen LogP contribution in [0.15, 0.2) is 36.5 Å². The average Bonchev–Trinajstić information content (AvgIpc) is 2.60. The van der Waals surface area contributed by atoms with Crippen LogP contribution in [0.2, 0.25) is 0 Å². The van der Waals surface area contributed by atoms with Gasteiger partial charge in [-0.1, -0.05) is 39.0 Å². The van der Waals surface area contributed by atoms with E-state index in [1.165, 1.54) is 0 Å². The SMILES string of the molecule is CC1(C)C[C@@H]([C@@]2(C)CCCC(=O)C2)[C@@H]1C(=O)Nc1cccc2cccnc12. The predicted octanol–water partition coefficient (Wildman–Crippen LogP) is 4.99. The van der Waals surface area contributed by atoms with Crippen LogP contribution in [0.5, 0.6) is 0 Å². The maximum absolute atomic E-state index is 13.3. The van der Waals surface area contributed by atoms with E-state index in [1.54, 1.807) is 6.20 Å². The minimum Gasteiger partial charge on any atom is -0.324 e. The summed E-state index contributed by atoms with van der Waals surface area (Å²) in [6.45, 7) is 6.55. The molecule has 2 fully saturated rings. The fourth-order valence-electron chi connectivity index (χ4n) is 5.43. The summed E-state index contributed by atoms with van der Waals surface area (Å²) in [5.41, 5.74) is 1.49. The Bertz CT molecular complexity index is 899. The first-order chi connectivity index (χ1) is 12.8. The van der Waals surface area contributed by atoms with Crippen LogP contribution in [0.25, 0.3) is 10.9 Å². The normalized spacial score (nSPS) is 30.0. The highest BCUT2D eigenvalue weighted by atomic mass is 16.2. The fourth-order valence-corrected chi connectivity index (χ4v) is 5.43. The number of carbonyl (C=O) groups is 2. The number of anilines is 1. The van der Waals surface area contributed by atoms with Crippen molar-refractivity contribution in [1.29, 1.82) is 0 Å². The lowest BCUT2D eigenvalue weighted by atomic mass is 9.46. The van der Waals surface area contributed by atoms with Gasteiger partial charge in [0.15, 0.2) is 0 Å². The molecule has 0 saturated heterocycles. The molecule has 0 spiro atoms. The van der Waals surface area contributed by atoms with Crippen molar-refractivity contribution in [3.05, 3.63) is 36.5 Å². The molecule has 0 radical (unpaired) electrons. The third-order valence-electron chi connectivity index (χ3n) is 6.86. The molecule has 4 heteroatoms. The maximum Gasteiger partial charge on any atom is 0.228 e. The Morgan fingerprint density at radius 2 is 1.96 bits per heavy atom. The third-order valence-corrected chi connectivity index (χ3v) is 6.86. The van der Waals surface area contributed by atoms with Crippen molar-refractivity contribution >= 4 is 28.3 Å². The van der Waals surface area contributed by atoms with E-state index in [9.17, 15) is 9.59 Å². The minimum absolute atomic E-state index is 0.0454. The molecule has 27 heavy (non-hydrogen) atoms. The van der Waals surface area contributed by atoms with Gasteiger partial charge in [0.25, 0.3) is 0 Å². The number of carbonyl (C=O) groups excluding carboxylic acids is 2. The van der Waals surface area contributed by atoms with Crippen LogP contribution in [0, 0.1) is 22.7 Å². The van der Waals surface area contributed by atoms with Gasteiger partial charge in [0.2, 0.25) is 5.91 Å². The molecular formula is C23H28N2O2. The molecular weight excluding hydrogens is 336 g/mol. The maximum atomic E-state index is 13.3. The molecule has 2 aliphatic carbocycles. The van der Waals surface area contributed by atoms with Crippen LogP contribution in [-0.4, -0.2) is 16.7 Å². The highest BCUT2D eigenvalue weighted by molar-refractivity contribution is 6.01. The summed E-state index contributed by atoms with van der Waals surface area (Å²) in [6.07, 6.45) is 6.07. The molecule has 1 N–H and O–H groups in total. The predicted molar refractivity (Wildman–Crippen MR) is 107 cm³/mol. The molecule has 0 unspecified atom stereocenters. The van der Waals surface area contributed by atoms with E-state index in [0.717, 1.165) is 35.9 Å². The number of fused-ring (bicyclic) bond motifs is 1. The van der Waals surface area contributed by atoms with Gasteiger partial charge in [0, 0.05) is 30.3 Å². The third kappa shape index (κ3) is 3.15. The molecule has 2 saturated carbocycles. The first-order valence-electron chi connectivity index (χ1n) is 9.96. The van der Waals surface area contributed by atoms with Crippen LogP contribution in [-0.2, 0) is 9.59 Å². The summed E-state index contributed by atoms with van der Waals surface area (Å²) in [6, 6.07) is 9.77. The Labute approximate surface area is 160 Å². The highest BCUT2D eigenvalue weighted by Gasteiger charge is 2.58. The van der Waals surface area contributed by atoms with E-state index in [2.05, 4.69) is 31.1 Å². The zero-order valence-electron chi connectivity index (χ0n) is 16.4. The lowest BCUT2D eigenvalue weighted by Gasteiger charge is -2.58. The quantitative estimate of drug-likeness (QED) is 0.835. The average molecular weight is 364 g/mol. The molecule has 4 rings (SSSR count). The molecule has 0 bridgehead atoms. The molecule has 4 nitrogen and oxygen atoms in total. The summed E-state index contributed by atoms with van der Waals surface area (Å²) in [5.74, 6) is 0.603. The summed E-state index contributed by atoms with van der Waals surface area (Å²) in [7, 11) is 0. The van der Waals surface area contributed by atoms with E-state index in [-0.39, 0.29) is 28.6 Å². The second-order valence-corrected chi connectivity index (χ2v) is 9.37. The second kappa shape index (κ2) is 6.43. The zero-order chi connectivity index (χ0) is 19.2. The summed E-state index contributed by atoms with van der Waals surface area (Å²) < 4.78 is 0. The van der Waals surface area contributed by atoms with Crippen LogP contribution in [0.3, 0.4) is 0 Å². The number of hydrogen-bond acceptors (Lipinski definition) is 3. The van der Waals surface area contributed by atoms with Crippen molar-refractivity contribution in [2.24, 2.45) is 22.7 Å². The standard InChI is InChI=1S/C23H28N2O2/c1-22(2)14-17(23(3)11-5-9-16(26)13-23)19(22)21(27)25-18-10-4-7-15-8-6-12-24-20(15)18/h4,6-8,10,12,17,19H,5,9,11,13-14H2,1-3H3,(H,25,27)/t17-,19-,23+/m1/s1. The number of benzene rings is 1. The van der Waals surface area contributed by atoms with Crippen LogP contribution in [0.4, 0.5) is 5.69 Å². The first kappa shape index (κ1) is 18.1. The first-order valence-corrected chi connectivity index (χ1v) is 9.96. The molecule has 3 atom stereocenters. The van der Waals surface area contributed by atoms with Gasteiger partial charge in [0.05, 0.1) is 11.2 Å². The molecule has 1 aromatic heterocycles. The van der Waals surface area contributed by atoms with E-state index >= 15 is 0 Å². The van der Waals surface area contributed by atoms with Gasteiger partial charge >= 0.3 is 0 Å². The smallest absolute Gasteiger partial charge is 0.228 e. The lowest BCUT2D eigenvalue weighted by molar-refractivity contribution is -0.152. The molecule has 1 amide bonds. The minimum atomic E-state index is -0.0765. The van der Waals surface area contributed by atoms with Crippen LogP contribution >= 0.6 is 0 Å². The van der Waals surface area contributed by atoms with Gasteiger partial charge in [-0.3, -0.25) is 14.6 Å². The number of nitrogens with zero attached hydrogens (tertiary/aromatic N) is 1. The number of Topliss-reactive ketones (excluding diaryl/α,β-unsaturated/α-hetero) is 1. The number of aromatic nitrogens is 1. The van der Waals surface area contributed by atoms with E-state index in [1.807, 2.05) is 30.3 Å². The zero-order valence-corrected chi connectivity index (χ0v) is 16.4. The largest absolute Gasteiger partial charge is 0.324 e. The van der Waals surface area contributed by atoms with E-state index in [4.69, 9.17) is 0 Å². The van der Waals surface area contributed by atoms with Crippen LogP contribution < -0.4 is 5.32 Å². The lowest BCUT2D eigenvalue weighted by Crippen LogP contribution is -2.57. The van der Waals surface area contributed by atoms with E-state index < -0.39 is 0 Å². The molecule has 0 aliphatic heterocycles. The molecule has 2 aromatic rings. The number of rotatable bonds is 3. The van der Waals surface area contributed by atoms with Gasteiger partial charge in [-0.15, -0.1) is 0 Å². The van der Waals surface area contributed by atoms with Crippen molar-refractivity contribution in [3.8, 4) is 0 Å². The molecule has 142 valence electrons. The Balaban J connectivity index is 1.60. The number of amides is 1. The monoisotopic (exact) mass is 364 g/mol. The van der Waals surface area contributed by atoms with E-state index in [0.29, 0.717) is 18.6 Å². The summed E-state index contributed by atoms with van der Waals surface area (Å²) >= 11 is 0. The van der Waals surface area contributed by atoms with Crippen molar-refractivity contribution in [1.82, 2.24) is 4.98 Å². The number of pyridine rings is 1. The topological polar surface area (TPSA) is 59.1 Å². The Morgan fingerprint density at radius 3 is 2.70 bits per heavy atom. The highest BCUT2D eigenvalue weighted by Crippen LogP contribution is 2.61. The van der Waals surface area contributed by atoms with Gasteiger partial charge in [-0.2, -0.15) is 0 Å². The number of para-hydroxylation sites is 1. The Kier molecular flexibility index (Phi) is 4.32. The number of hydrogen-bond donors (Lipinski definition) is 1. The summed E-state index contributed by atoms with van der Waals surface area (Å²) in [5, 5.41) is 4.17. The molecule has 1 heterocycles. The van der Waals surface area contributed by atoms with Crippen molar-refractivity contribution in [3.63, 3.8) is 0 Å². The molecule has 1 aromatic carbocycles. The van der Waals surface area contributed by atoms with Crippen molar-refractivity contribution in [2.45, 2.75) is 52.9 Å². The second-order valence-electron chi connectivity index (χ2n) is 9.37. The Hall–Kier alpha value is -2.23. The fraction of sp³-hybridized carbons (Fsp3) is 0.522. The van der Waals surface area contributed by atoms with Gasteiger partial charge in [-0.05, 0) is 48.1 Å². The van der Waals surface area contributed by atoms with Crippen LogP contribution in [0.1, 0.15) is 52.9 Å². The van der Waals surface area contributed by atoms with Gasteiger partial charge < -0.3 is 5.32 Å². The van der Waals surface area contributed by atoms with Gasteiger partial charge in [-0.25, -0.2) is 0 Å².